The molecule has 1 aromatic rings. The molecule has 1 aliphatic rings. The molecule has 0 saturated heterocycles. The third-order valence-corrected chi connectivity index (χ3v) is 3.12. The fraction of sp³-hybridized carbons (Fsp3) is 0.385. The number of hydrogen-bond acceptors (Lipinski definition) is 3. The minimum atomic E-state index is -0.879. The lowest BCUT2D eigenvalue weighted by atomic mass is 9.98. The van der Waals surface area contributed by atoms with Gasteiger partial charge in [0.05, 0.1) is 16.7 Å². The molecule has 2 rings (SSSR count). The van der Waals surface area contributed by atoms with Gasteiger partial charge in [0.2, 0.25) is 0 Å². The standard InChI is InChI=1S/C7H6O2.C6H10ClNO/c8-7(9)6-4-2-1-3-5-6;7-5-3-1-2-4-6(5)8-9/h1-5H,(H,8,9);5,9H,1-4H2. The lowest BCUT2D eigenvalue weighted by molar-refractivity contribution is 0.0697. The Kier molecular flexibility index (Phi) is 6.22. The molecule has 1 unspecified atom stereocenters. The molecule has 0 heterocycles. The third-order valence-electron chi connectivity index (χ3n) is 2.65. The Morgan fingerprint density at radius 3 is 2.33 bits per heavy atom. The molecule has 0 bridgehead atoms. The van der Waals surface area contributed by atoms with Gasteiger partial charge in [0.1, 0.15) is 0 Å². The van der Waals surface area contributed by atoms with Gasteiger partial charge in [0.25, 0.3) is 0 Å². The summed E-state index contributed by atoms with van der Waals surface area (Å²) >= 11 is 5.79. The first kappa shape index (κ1) is 14.5. The summed E-state index contributed by atoms with van der Waals surface area (Å²) in [6.07, 6.45) is 4.10. The van der Waals surface area contributed by atoms with Crippen LogP contribution in [0.25, 0.3) is 0 Å². The van der Waals surface area contributed by atoms with Gasteiger partial charge in [-0.25, -0.2) is 4.79 Å². The van der Waals surface area contributed by atoms with Crippen molar-refractivity contribution in [1.82, 2.24) is 0 Å². The first-order valence-corrected chi connectivity index (χ1v) is 6.22. The number of carboxylic acids is 1. The van der Waals surface area contributed by atoms with Gasteiger partial charge in [-0.1, -0.05) is 29.8 Å². The lowest BCUT2D eigenvalue weighted by Gasteiger charge is -2.15. The van der Waals surface area contributed by atoms with Crippen molar-refractivity contribution in [2.45, 2.75) is 31.1 Å². The zero-order valence-corrected chi connectivity index (χ0v) is 10.7. The second kappa shape index (κ2) is 7.71. The fourth-order valence-corrected chi connectivity index (χ4v) is 1.95. The van der Waals surface area contributed by atoms with E-state index in [-0.39, 0.29) is 5.38 Å². The molecule has 1 saturated carbocycles. The highest BCUT2D eigenvalue weighted by atomic mass is 35.5. The molecular formula is C13H16ClNO3. The highest BCUT2D eigenvalue weighted by molar-refractivity contribution is 6.32. The molecule has 5 heteroatoms. The van der Waals surface area contributed by atoms with Gasteiger partial charge in [-0.15, -0.1) is 11.6 Å². The first-order valence-electron chi connectivity index (χ1n) is 5.78. The van der Waals surface area contributed by atoms with Crippen LogP contribution in [0.5, 0.6) is 0 Å². The summed E-state index contributed by atoms with van der Waals surface area (Å²) in [7, 11) is 0. The van der Waals surface area contributed by atoms with Crippen LogP contribution in [0.3, 0.4) is 0 Å². The van der Waals surface area contributed by atoms with Crippen molar-refractivity contribution in [2.24, 2.45) is 5.16 Å². The van der Waals surface area contributed by atoms with Crippen molar-refractivity contribution in [3.63, 3.8) is 0 Å². The van der Waals surface area contributed by atoms with Gasteiger partial charge < -0.3 is 10.3 Å². The molecule has 0 aromatic heterocycles. The van der Waals surface area contributed by atoms with Crippen molar-refractivity contribution in [3.8, 4) is 0 Å². The number of benzene rings is 1. The fourth-order valence-electron chi connectivity index (χ4n) is 1.65. The summed E-state index contributed by atoms with van der Waals surface area (Å²) in [5.41, 5.74) is 1.08. The van der Waals surface area contributed by atoms with Crippen molar-refractivity contribution in [1.29, 1.82) is 0 Å². The van der Waals surface area contributed by atoms with Crippen LogP contribution in [-0.2, 0) is 0 Å². The van der Waals surface area contributed by atoms with E-state index in [0.29, 0.717) is 5.56 Å². The Labute approximate surface area is 111 Å². The van der Waals surface area contributed by atoms with Crippen LogP contribution in [0.2, 0.25) is 0 Å². The Hall–Kier alpha value is -1.55. The highest BCUT2D eigenvalue weighted by Crippen LogP contribution is 2.19. The van der Waals surface area contributed by atoms with Crippen molar-refractivity contribution in [3.05, 3.63) is 35.9 Å². The number of alkyl halides is 1. The molecule has 18 heavy (non-hydrogen) atoms. The molecule has 4 nitrogen and oxygen atoms in total. The predicted molar refractivity (Wildman–Crippen MR) is 70.7 cm³/mol. The van der Waals surface area contributed by atoms with Gasteiger partial charge in [-0.05, 0) is 31.4 Å². The number of aromatic carboxylic acids is 1. The van der Waals surface area contributed by atoms with E-state index >= 15 is 0 Å². The monoisotopic (exact) mass is 269 g/mol. The average Bonchev–Trinajstić information content (AvgIpc) is 2.41. The van der Waals surface area contributed by atoms with Crippen LogP contribution in [0.15, 0.2) is 35.5 Å². The van der Waals surface area contributed by atoms with Gasteiger partial charge in [0.15, 0.2) is 0 Å². The predicted octanol–water partition coefficient (Wildman–Crippen LogP) is 3.38. The van der Waals surface area contributed by atoms with Gasteiger partial charge >= 0.3 is 5.97 Å². The molecule has 1 aliphatic carbocycles. The molecule has 1 aromatic carbocycles. The van der Waals surface area contributed by atoms with E-state index in [4.69, 9.17) is 21.9 Å². The Bertz CT molecular complexity index is 406. The molecule has 0 amide bonds. The van der Waals surface area contributed by atoms with E-state index in [1.165, 1.54) is 0 Å². The van der Waals surface area contributed by atoms with Crippen LogP contribution >= 0.6 is 11.6 Å². The topological polar surface area (TPSA) is 69.9 Å². The Morgan fingerprint density at radius 1 is 1.28 bits per heavy atom. The number of carbonyl (C=O) groups is 1. The summed E-state index contributed by atoms with van der Waals surface area (Å²) in [4.78, 5) is 10.2. The quantitative estimate of drug-likeness (QED) is 0.466. The summed E-state index contributed by atoms with van der Waals surface area (Å²) in [6, 6.07) is 8.30. The van der Waals surface area contributed by atoms with E-state index in [2.05, 4.69) is 5.16 Å². The average molecular weight is 270 g/mol. The maximum absolute atomic E-state index is 10.2. The summed E-state index contributed by atoms with van der Waals surface area (Å²) in [5.74, 6) is -0.879. The number of oxime groups is 1. The molecule has 0 spiro atoms. The number of nitrogens with zero attached hydrogens (tertiary/aromatic N) is 1. The minimum absolute atomic E-state index is 0.0104. The van der Waals surface area contributed by atoms with Crippen LogP contribution in [0.4, 0.5) is 0 Å². The highest BCUT2D eigenvalue weighted by Gasteiger charge is 2.17. The van der Waals surface area contributed by atoms with Crippen LogP contribution in [0.1, 0.15) is 36.0 Å². The van der Waals surface area contributed by atoms with Crippen molar-refractivity contribution >= 4 is 23.3 Å². The van der Waals surface area contributed by atoms with Crippen LogP contribution in [-0.4, -0.2) is 27.4 Å². The summed E-state index contributed by atoms with van der Waals surface area (Å²) in [5, 5.41) is 19.9. The van der Waals surface area contributed by atoms with Gasteiger partial charge in [0, 0.05) is 0 Å². The number of rotatable bonds is 1. The van der Waals surface area contributed by atoms with E-state index < -0.39 is 5.97 Å². The molecule has 0 aliphatic heterocycles. The summed E-state index contributed by atoms with van der Waals surface area (Å²) in [6.45, 7) is 0. The van der Waals surface area contributed by atoms with Crippen molar-refractivity contribution < 1.29 is 15.1 Å². The third kappa shape index (κ3) is 4.75. The number of carboxylic acid groups (broad SMARTS) is 1. The molecule has 1 fully saturated rings. The molecule has 2 N–H and O–H groups in total. The van der Waals surface area contributed by atoms with Crippen molar-refractivity contribution in [2.75, 3.05) is 0 Å². The van der Waals surface area contributed by atoms with Gasteiger partial charge in [-0.2, -0.15) is 0 Å². The van der Waals surface area contributed by atoms with E-state index in [9.17, 15) is 4.79 Å². The normalized spacial score (nSPS) is 20.9. The molecule has 98 valence electrons. The minimum Gasteiger partial charge on any atom is -0.478 e. The van der Waals surface area contributed by atoms with E-state index in [1.54, 1.807) is 30.3 Å². The largest absolute Gasteiger partial charge is 0.478 e. The number of hydrogen-bond donors (Lipinski definition) is 2. The maximum atomic E-state index is 10.2. The van der Waals surface area contributed by atoms with E-state index in [0.717, 1.165) is 31.4 Å². The molecule has 0 radical (unpaired) electrons. The lowest BCUT2D eigenvalue weighted by Crippen LogP contribution is -2.18. The van der Waals surface area contributed by atoms with Crippen LogP contribution in [0, 0.1) is 0 Å². The zero-order chi connectivity index (χ0) is 13.4. The van der Waals surface area contributed by atoms with Crippen LogP contribution < -0.4 is 0 Å². The Balaban J connectivity index is 0.000000180. The SMILES string of the molecule is O=C(O)c1ccccc1.ON=C1CCCCC1Cl. The second-order valence-electron chi connectivity index (χ2n) is 3.98. The molecular weight excluding hydrogens is 254 g/mol. The molecule has 1 atom stereocenters. The van der Waals surface area contributed by atoms with E-state index in [1.807, 2.05) is 0 Å². The maximum Gasteiger partial charge on any atom is 0.335 e. The Morgan fingerprint density at radius 2 is 1.94 bits per heavy atom. The second-order valence-corrected chi connectivity index (χ2v) is 4.50. The smallest absolute Gasteiger partial charge is 0.335 e. The zero-order valence-electron chi connectivity index (χ0n) is 9.92. The summed E-state index contributed by atoms with van der Waals surface area (Å²) < 4.78 is 0. The van der Waals surface area contributed by atoms with Gasteiger partial charge in [-0.3, -0.25) is 0 Å². The first-order chi connectivity index (χ1) is 8.65. The number of halogens is 1.